The second-order valence-electron chi connectivity index (χ2n) is 11.1. The van der Waals surface area contributed by atoms with Gasteiger partial charge in [-0.15, -0.1) is 0 Å². The highest BCUT2D eigenvalue weighted by Crippen LogP contribution is 2.25. The summed E-state index contributed by atoms with van der Waals surface area (Å²) in [6.07, 6.45) is 30.7. The van der Waals surface area contributed by atoms with Gasteiger partial charge in [0.05, 0.1) is 0 Å². The molecule has 0 radical (unpaired) electrons. The van der Waals surface area contributed by atoms with Crippen LogP contribution in [0.5, 0.6) is 0 Å². The average molecular weight is 452 g/mol. The predicted octanol–water partition coefficient (Wildman–Crippen LogP) is 10.1. The molecule has 0 aliphatic heterocycles. The number of unbranched alkanes of at least 4 members (excludes halogenated alkanes) is 18. The van der Waals surface area contributed by atoms with Crippen molar-refractivity contribution in [2.45, 2.75) is 175 Å². The SMILES string of the molecule is CCCCCCCCCCCCCCCCCCCCCC(=O)NCCCC(C)(C)CC. The van der Waals surface area contributed by atoms with Crippen LogP contribution in [-0.2, 0) is 4.79 Å². The average Bonchev–Trinajstić information content (AvgIpc) is 2.78. The molecule has 0 atom stereocenters. The molecular formula is C30H61NO. The van der Waals surface area contributed by atoms with E-state index in [2.05, 4.69) is 33.0 Å². The van der Waals surface area contributed by atoms with E-state index >= 15 is 0 Å². The smallest absolute Gasteiger partial charge is 0.219 e. The summed E-state index contributed by atoms with van der Waals surface area (Å²) in [6, 6.07) is 0. The lowest BCUT2D eigenvalue weighted by atomic mass is 9.85. The molecule has 0 saturated carbocycles. The minimum Gasteiger partial charge on any atom is -0.356 e. The Balaban J connectivity index is 3.18. The molecule has 0 aromatic rings. The van der Waals surface area contributed by atoms with E-state index in [4.69, 9.17) is 0 Å². The lowest BCUT2D eigenvalue weighted by Crippen LogP contribution is -2.25. The third-order valence-corrected chi connectivity index (χ3v) is 7.32. The van der Waals surface area contributed by atoms with Gasteiger partial charge in [0.1, 0.15) is 0 Å². The van der Waals surface area contributed by atoms with Gasteiger partial charge in [-0.25, -0.2) is 0 Å². The predicted molar refractivity (Wildman–Crippen MR) is 144 cm³/mol. The molecule has 0 heterocycles. The summed E-state index contributed by atoms with van der Waals surface area (Å²) >= 11 is 0. The van der Waals surface area contributed by atoms with Crippen LogP contribution in [-0.4, -0.2) is 12.5 Å². The highest BCUT2D eigenvalue weighted by atomic mass is 16.1. The van der Waals surface area contributed by atoms with E-state index < -0.39 is 0 Å². The van der Waals surface area contributed by atoms with Crippen LogP contribution in [0.15, 0.2) is 0 Å². The number of rotatable bonds is 25. The Labute approximate surface area is 203 Å². The van der Waals surface area contributed by atoms with Gasteiger partial charge in [0.2, 0.25) is 5.91 Å². The van der Waals surface area contributed by atoms with Crippen molar-refractivity contribution in [3.63, 3.8) is 0 Å². The molecule has 0 unspecified atom stereocenters. The first-order valence-corrected chi connectivity index (χ1v) is 14.8. The standard InChI is InChI=1S/C30H61NO/c1-5-7-8-9-10-11-12-13-14-15-16-17-18-19-20-21-22-23-24-26-29(32)31-28-25-27-30(3,4)6-2/h5-28H2,1-4H3,(H,31,32). The fourth-order valence-electron chi connectivity index (χ4n) is 4.42. The zero-order chi connectivity index (χ0) is 23.8. The van der Waals surface area contributed by atoms with Gasteiger partial charge < -0.3 is 5.32 Å². The molecule has 0 fully saturated rings. The summed E-state index contributed by atoms with van der Waals surface area (Å²) in [6.45, 7) is 10.0. The van der Waals surface area contributed by atoms with Gasteiger partial charge in [-0.3, -0.25) is 4.79 Å². The first kappa shape index (κ1) is 31.5. The Bertz CT molecular complexity index is 390. The zero-order valence-electron chi connectivity index (χ0n) is 22.9. The minimum absolute atomic E-state index is 0.256. The van der Waals surface area contributed by atoms with E-state index in [-0.39, 0.29) is 5.91 Å². The molecule has 0 rings (SSSR count). The maximum Gasteiger partial charge on any atom is 0.219 e. The minimum atomic E-state index is 0.256. The highest BCUT2D eigenvalue weighted by molar-refractivity contribution is 5.75. The number of carbonyl (C=O) groups is 1. The van der Waals surface area contributed by atoms with Crippen LogP contribution < -0.4 is 5.32 Å². The van der Waals surface area contributed by atoms with Crippen molar-refractivity contribution < 1.29 is 4.79 Å². The first-order valence-electron chi connectivity index (χ1n) is 14.8. The van der Waals surface area contributed by atoms with Crippen LogP contribution >= 0.6 is 0 Å². The Kier molecular flexibility index (Phi) is 23.2. The van der Waals surface area contributed by atoms with Gasteiger partial charge in [0.15, 0.2) is 0 Å². The fourth-order valence-corrected chi connectivity index (χ4v) is 4.42. The first-order chi connectivity index (χ1) is 15.5. The van der Waals surface area contributed by atoms with Crippen molar-refractivity contribution >= 4 is 5.91 Å². The van der Waals surface area contributed by atoms with Crippen molar-refractivity contribution in [3.05, 3.63) is 0 Å². The molecule has 0 bridgehead atoms. The number of amides is 1. The van der Waals surface area contributed by atoms with Crippen LogP contribution in [0.4, 0.5) is 0 Å². The summed E-state index contributed by atoms with van der Waals surface area (Å²) < 4.78 is 0. The monoisotopic (exact) mass is 451 g/mol. The van der Waals surface area contributed by atoms with E-state index in [1.54, 1.807) is 0 Å². The van der Waals surface area contributed by atoms with Crippen LogP contribution in [0.3, 0.4) is 0 Å². The lowest BCUT2D eigenvalue weighted by molar-refractivity contribution is -0.121. The molecule has 0 aromatic carbocycles. The van der Waals surface area contributed by atoms with Crippen LogP contribution in [0.25, 0.3) is 0 Å². The number of carbonyl (C=O) groups excluding carboxylic acids is 1. The summed E-state index contributed by atoms with van der Waals surface area (Å²) in [5.41, 5.74) is 0.414. The molecule has 1 amide bonds. The molecule has 2 nitrogen and oxygen atoms in total. The summed E-state index contributed by atoms with van der Waals surface area (Å²) in [4.78, 5) is 11.9. The quantitative estimate of drug-likeness (QED) is 0.137. The Morgan fingerprint density at radius 3 is 1.31 bits per heavy atom. The van der Waals surface area contributed by atoms with E-state index in [1.165, 1.54) is 128 Å². The van der Waals surface area contributed by atoms with Crippen molar-refractivity contribution in [3.8, 4) is 0 Å². The van der Waals surface area contributed by atoms with E-state index in [0.717, 1.165) is 25.8 Å². The number of nitrogens with one attached hydrogen (secondary N) is 1. The van der Waals surface area contributed by atoms with Gasteiger partial charge in [0, 0.05) is 13.0 Å². The zero-order valence-corrected chi connectivity index (χ0v) is 22.9. The molecule has 0 spiro atoms. The second kappa shape index (κ2) is 23.6. The van der Waals surface area contributed by atoms with Gasteiger partial charge in [-0.2, -0.15) is 0 Å². The summed E-state index contributed by atoms with van der Waals surface area (Å²) in [7, 11) is 0. The molecule has 0 aromatic heterocycles. The Morgan fingerprint density at radius 2 is 0.938 bits per heavy atom. The maximum atomic E-state index is 11.9. The highest BCUT2D eigenvalue weighted by Gasteiger charge is 2.14. The Hall–Kier alpha value is -0.530. The second-order valence-corrected chi connectivity index (χ2v) is 11.1. The van der Waals surface area contributed by atoms with Crippen molar-refractivity contribution in [2.75, 3.05) is 6.54 Å². The van der Waals surface area contributed by atoms with E-state index in [9.17, 15) is 4.79 Å². The molecule has 0 saturated heterocycles. The summed E-state index contributed by atoms with van der Waals surface area (Å²) in [5.74, 6) is 0.256. The fraction of sp³-hybridized carbons (Fsp3) is 0.967. The number of hydrogen-bond acceptors (Lipinski definition) is 1. The number of hydrogen-bond donors (Lipinski definition) is 1. The van der Waals surface area contributed by atoms with E-state index in [1.807, 2.05) is 0 Å². The van der Waals surface area contributed by atoms with Gasteiger partial charge in [0.25, 0.3) is 0 Å². The van der Waals surface area contributed by atoms with Crippen LogP contribution in [0, 0.1) is 5.41 Å². The van der Waals surface area contributed by atoms with Gasteiger partial charge >= 0.3 is 0 Å². The molecule has 32 heavy (non-hydrogen) atoms. The van der Waals surface area contributed by atoms with E-state index in [0.29, 0.717) is 5.41 Å². The maximum absolute atomic E-state index is 11.9. The topological polar surface area (TPSA) is 29.1 Å². The van der Waals surface area contributed by atoms with Gasteiger partial charge in [-0.1, -0.05) is 150 Å². The third-order valence-electron chi connectivity index (χ3n) is 7.32. The van der Waals surface area contributed by atoms with Crippen LogP contribution in [0.2, 0.25) is 0 Å². The van der Waals surface area contributed by atoms with Crippen LogP contribution in [0.1, 0.15) is 175 Å². The molecule has 0 aliphatic rings. The Morgan fingerprint density at radius 1 is 0.562 bits per heavy atom. The van der Waals surface area contributed by atoms with Crippen molar-refractivity contribution in [2.24, 2.45) is 5.41 Å². The van der Waals surface area contributed by atoms with Crippen molar-refractivity contribution in [1.82, 2.24) is 5.32 Å². The molecular weight excluding hydrogens is 390 g/mol. The normalized spacial score (nSPS) is 11.8. The van der Waals surface area contributed by atoms with Crippen molar-refractivity contribution in [1.29, 1.82) is 0 Å². The largest absolute Gasteiger partial charge is 0.356 e. The summed E-state index contributed by atoms with van der Waals surface area (Å²) in [5, 5.41) is 3.10. The lowest BCUT2D eigenvalue weighted by Gasteiger charge is -2.22. The third kappa shape index (κ3) is 24.1. The molecule has 0 aliphatic carbocycles. The van der Waals surface area contributed by atoms with Gasteiger partial charge in [-0.05, 0) is 24.7 Å². The molecule has 1 N–H and O–H groups in total. The molecule has 192 valence electrons. The molecule has 2 heteroatoms.